The second-order valence-corrected chi connectivity index (χ2v) is 9.45. The maximum atomic E-state index is 13.3. The fraction of sp³-hybridized carbons (Fsp3) is 0.208. The lowest BCUT2D eigenvalue weighted by molar-refractivity contribution is -0.119. The average molecular weight is 473 g/mol. The molecule has 3 aromatic rings. The first-order chi connectivity index (χ1) is 15.3. The van der Waals surface area contributed by atoms with E-state index < -0.39 is 15.9 Å². The van der Waals surface area contributed by atoms with Gasteiger partial charge in [0.2, 0.25) is 5.91 Å². The van der Waals surface area contributed by atoms with E-state index in [0.29, 0.717) is 17.3 Å². The molecule has 6 nitrogen and oxygen atoms in total. The number of nitrogens with zero attached hydrogens (tertiary/aromatic N) is 1. The smallest absolute Gasteiger partial charge is 0.264 e. The summed E-state index contributed by atoms with van der Waals surface area (Å²) in [6.45, 7) is 4.31. The molecule has 0 radical (unpaired) electrons. The number of amides is 1. The zero-order valence-corrected chi connectivity index (χ0v) is 19.5. The molecule has 0 aromatic heterocycles. The number of anilines is 1. The molecule has 3 aromatic carbocycles. The fourth-order valence-corrected chi connectivity index (χ4v) is 4.56. The van der Waals surface area contributed by atoms with E-state index in [4.69, 9.17) is 16.3 Å². The van der Waals surface area contributed by atoms with Crippen molar-refractivity contribution in [3.05, 3.63) is 88.9 Å². The summed E-state index contributed by atoms with van der Waals surface area (Å²) in [5.41, 5.74) is 2.27. The van der Waals surface area contributed by atoms with E-state index in [2.05, 4.69) is 5.32 Å². The van der Waals surface area contributed by atoms with Gasteiger partial charge in [-0.05, 0) is 67.9 Å². The van der Waals surface area contributed by atoms with E-state index in [0.717, 1.165) is 21.2 Å². The molecular weight excluding hydrogens is 448 g/mol. The lowest BCUT2D eigenvalue weighted by atomic mass is 10.2. The highest BCUT2D eigenvalue weighted by molar-refractivity contribution is 7.92. The zero-order valence-electron chi connectivity index (χ0n) is 17.9. The summed E-state index contributed by atoms with van der Waals surface area (Å²) >= 11 is 5.91. The first-order valence-corrected chi connectivity index (χ1v) is 11.9. The molecule has 0 aliphatic carbocycles. The van der Waals surface area contributed by atoms with Gasteiger partial charge >= 0.3 is 0 Å². The number of nitrogens with one attached hydrogen (secondary N) is 1. The minimum atomic E-state index is -3.98. The van der Waals surface area contributed by atoms with Crippen molar-refractivity contribution in [1.82, 2.24) is 5.32 Å². The summed E-state index contributed by atoms with van der Waals surface area (Å²) in [6, 6.07) is 20.2. The van der Waals surface area contributed by atoms with Crippen molar-refractivity contribution >= 4 is 33.2 Å². The minimum Gasteiger partial charge on any atom is -0.494 e. The van der Waals surface area contributed by atoms with Crippen molar-refractivity contribution in [2.75, 3.05) is 17.5 Å². The predicted molar refractivity (Wildman–Crippen MR) is 127 cm³/mol. The van der Waals surface area contributed by atoms with Crippen LogP contribution in [0.1, 0.15) is 18.1 Å². The number of halogens is 1. The van der Waals surface area contributed by atoms with E-state index in [-0.39, 0.29) is 18.0 Å². The summed E-state index contributed by atoms with van der Waals surface area (Å²) in [5, 5.41) is 3.22. The minimum absolute atomic E-state index is 0.0572. The summed E-state index contributed by atoms with van der Waals surface area (Å²) in [4.78, 5) is 12.8. The molecule has 0 spiro atoms. The van der Waals surface area contributed by atoms with Crippen molar-refractivity contribution in [2.24, 2.45) is 0 Å². The molecule has 8 heteroatoms. The van der Waals surface area contributed by atoms with Crippen molar-refractivity contribution in [3.8, 4) is 5.75 Å². The molecule has 32 heavy (non-hydrogen) atoms. The van der Waals surface area contributed by atoms with Crippen LogP contribution >= 0.6 is 11.6 Å². The first kappa shape index (κ1) is 23.6. The Balaban J connectivity index is 1.78. The normalized spacial score (nSPS) is 11.1. The van der Waals surface area contributed by atoms with Gasteiger partial charge < -0.3 is 10.1 Å². The maximum Gasteiger partial charge on any atom is 0.264 e. The Hall–Kier alpha value is -3.03. The molecule has 3 rings (SSSR count). The molecule has 0 heterocycles. The van der Waals surface area contributed by atoms with E-state index in [1.807, 2.05) is 38.1 Å². The Morgan fingerprint density at radius 2 is 1.59 bits per heavy atom. The summed E-state index contributed by atoms with van der Waals surface area (Å²) in [7, 11) is -3.98. The van der Waals surface area contributed by atoms with Crippen LogP contribution in [0, 0.1) is 6.92 Å². The standard InChI is InChI=1S/C24H25ClN2O4S/c1-3-31-22-12-6-19(7-13-22)16-26-24(28)17-27(21-10-4-18(2)5-11-21)32(29,30)23-14-8-20(25)9-15-23/h4-15H,3,16-17H2,1-2H3,(H,26,28). The van der Waals surface area contributed by atoms with Crippen LogP contribution in [0.15, 0.2) is 77.7 Å². The maximum absolute atomic E-state index is 13.3. The van der Waals surface area contributed by atoms with Crippen LogP contribution < -0.4 is 14.4 Å². The number of sulfonamides is 1. The van der Waals surface area contributed by atoms with Crippen LogP contribution in [-0.2, 0) is 21.4 Å². The lowest BCUT2D eigenvalue weighted by Crippen LogP contribution is -2.40. The first-order valence-electron chi connectivity index (χ1n) is 10.1. The van der Waals surface area contributed by atoms with Crippen LogP contribution in [0.25, 0.3) is 0 Å². The molecule has 0 saturated carbocycles. The van der Waals surface area contributed by atoms with E-state index >= 15 is 0 Å². The van der Waals surface area contributed by atoms with E-state index in [1.54, 1.807) is 24.3 Å². The monoisotopic (exact) mass is 472 g/mol. The van der Waals surface area contributed by atoms with Crippen LogP contribution in [0.5, 0.6) is 5.75 Å². The second-order valence-electron chi connectivity index (χ2n) is 7.15. The summed E-state index contributed by atoms with van der Waals surface area (Å²) in [6.07, 6.45) is 0. The quantitative estimate of drug-likeness (QED) is 0.495. The highest BCUT2D eigenvalue weighted by Crippen LogP contribution is 2.25. The molecular formula is C24H25ClN2O4S. The molecule has 168 valence electrons. The highest BCUT2D eigenvalue weighted by atomic mass is 35.5. The number of carbonyl (C=O) groups excluding carboxylic acids is 1. The van der Waals surface area contributed by atoms with Gasteiger partial charge in [-0.1, -0.05) is 41.4 Å². The Morgan fingerprint density at radius 3 is 2.19 bits per heavy atom. The largest absolute Gasteiger partial charge is 0.494 e. The molecule has 0 aliphatic rings. The Morgan fingerprint density at radius 1 is 0.969 bits per heavy atom. The molecule has 1 amide bonds. The topological polar surface area (TPSA) is 75.7 Å². The third kappa shape index (κ3) is 6.02. The van der Waals surface area contributed by atoms with Gasteiger partial charge in [-0.25, -0.2) is 8.42 Å². The molecule has 0 bridgehead atoms. The predicted octanol–water partition coefficient (Wildman–Crippen LogP) is 4.56. The Labute approximate surface area is 193 Å². The summed E-state index contributed by atoms with van der Waals surface area (Å²) < 4.78 is 33.2. The van der Waals surface area contributed by atoms with Crippen molar-refractivity contribution in [2.45, 2.75) is 25.3 Å². The molecule has 0 saturated heterocycles. The zero-order chi connectivity index (χ0) is 23.1. The van der Waals surface area contributed by atoms with Gasteiger partial charge in [-0.2, -0.15) is 0 Å². The molecule has 0 fully saturated rings. The second kappa shape index (κ2) is 10.5. The van der Waals surface area contributed by atoms with Gasteiger partial charge in [-0.3, -0.25) is 9.10 Å². The molecule has 1 N–H and O–H groups in total. The number of hydrogen-bond donors (Lipinski definition) is 1. The number of rotatable bonds is 9. The molecule has 0 atom stereocenters. The van der Waals surface area contributed by atoms with Gasteiger partial charge in [0.25, 0.3) is 10.0 Å². The third-order valence-electron chi connectivity index (χ3n) is 4.73. The molecule has 0 unspecified atom stereocenters. The van der Waals surface area contributed by atoms with Crippen molar-refractivity contribution in [1.29, 1.82) is 0 Å². The lowest BCUT2D eigenvalue weighted by Gasteiger charge is -2.24. The van der Waals surface area contributed by atoms with Crippen molar-refractivity contribution < 1.29 is 17.9 Å². The number of ether oxygens (including phenoxy) is 1. The number of carbonyl (C=O) groups is 1. The van der Waals surface area contributed by atoms with Crippen molar-refractivity contribution in [3.63, 3.8) is 0 Å². The van der Waals surface area contributed by atoms with Crippen LogP contribution in [-0.4, -0.2) is 27.5 Å². The van der Waals surface area contributed by atoms with Crippen LogP contribution in [0.2, 0.25) is 5.02 Å². The number of aryl methyl sites for hydroxylation is 1. The van der Waals surface area contributed by atoms with Gasteiger partial charge in [0.1, 0.15) is 12.3 Å². The highest BCUT2D eigenvalue weighted by Gasteiger charge is 2.27. The number of benzene rings is 3. The average Bonchev–Trinajstić information content (AvgIpc) is 2.78. The van der Waals surface area contributed by atoms with E-state index in [1.165, 1.54) is 24.3 Å². The fourth-order valence-electron chi connectivity index (χ4n) is 3.02. The summed E-state index contributed by atoms with van der Waals surface area (Å²) in [5.74, 6) is 0.333. The molecule has 0 aliphatic heterocycles. The van der Waals surface area contributed by atoms with Gasteiger partial charge in [0, 0.05) is 11.6 Å². The number of hydrogen-bond acceptors (Lipinski definition) is 4. The van der Waals surface area contributed by atoms with Crippen LogP contribution in [0.3, 0.4) is 0 Å². The van der Waals surface area contributed by atoms with Gasteiger partial charge in [-0.15, -0.1) is 0 Å². The van der Waals surface area contributed by atoms with Crippen LogP contribution in [0.4, 0.5) is 5.69 Å². The third-order valence-corrected chi connectivity index (χ3v) is 6.77. The Kier molecular flexibility index (Phi) is 7.77. The van der Waals surface area contributed by atoms with Gasteiger partial charge in [0.05, 0.1) is 17.2 Å². The Bertz CT molecular complexity index is 1150. The van der Waals surface area contributed by atoms with Gasteiger partial charge in [0.15, 0.2) is 0 Å². The SMILES string of the molecule is CCOc1ccc(CNC(=O)CN(c2ccc(C)cc2)S(=O)(=O)c2ccc(Cl)cc2)cc1. The van der Waals surface area contributed by atoms with E-state index in [9.17, 15) is 13.2 Å².